The van der Waals surface area contributed by atoms with Gasteiger partial charge in [0, 0.05) is 24.3 Å². The lowest BCUT2D eigenvalue weighted by Crippen LogP contribution is -2.44. The van der Waals surface area contributed by atoms with Gasteiger partial charge in [-0.15, -0.1) is 0 Å². The lowest BCUT2D eigenvalue weighted by Gasteiger charge is -2.29. The van der Waals surface area contributed by atoms with E-state index < -0.39 is 5.91 Å². The van der Waals surface area contributed by atoms with Gasteiger partial charge < -0.3 is 14.8 Å². The van der Waals surface area contributed by atoms with Crippen LogP contribution in [0.25, 0.3) is 0 Å². The molecule has 0 spiro atoms. The molecular formula is C13H18N2O2. The van der Waals surface area contributed by atoms with Crippen molar-refractivity contribution < 1.29 is 9.47 Å². The molecule has 0 saturated heterocycles. The van der Waals surface area contributed by atoms with E-state index in [1.165, 1.54) is 0 Å². The van der Waals surface area contributed by atoms with Crippen molar-refractivity contribution in [1.29, 1.82) is 5.41 Å². The molecule has 17 heavy (non-hydrogen) atoms. The molecule has 1 aliphatic rings. The van der Waals surface area contributed by atoms with Crippen LogP contribution in [-0.2, 0) is 15.4 Å². The lowest BCUT2D eigenvalue weighted by atomic mass is 10.0. The van der Waals surface area contributed by atoms with Gasteiger partial charge in [0.1, 0.15) is 5.84 Å². The summed E-state index contributed by atoms with van der Waals surface area (Å²) in [4.78, 5) is 0. The van der Waals surface area contributed by atoms with Crippen molar-refractivity contribution in [2.24, 2.45) is 0 Å². The van der Waals surface area contributed by atoms with Gasteiger partial charge in [0.2, 0.25) is 0 Å². The summed E-state index contributed by atoms with van der Waals surface area (Å²) >= 11 is 0. The fraction of sp³-hybridized carbons (Fsp3) is 0.462. The summed E-state index contributed by atoms with van der Waals surface area (Å²) in [5.74, 6) is -0.635. The van der Waals surface area contributed by atoms with E-state index in [2.05, 4.69) is 5.32 Å². The maximum absolute atomic E-state index is 7.94. The van der Waals surface area contributed by atoms with Gasteiger partial charge in [-0.05, 0) is 26.8 Å². The first-order valence-electron chi connectivity index (χ1n) is 5.89. The Bertz CT molecular complexity index is 437. The first kappa shape index (κ1) is 12.1. The summed E-state index contributed by atoms with van der Waals surface area (Å²) in [6, 6.07) is 5.93. The molecule has 0 atom stereocenters. The van der Waals surface area contributed by atoms with Crippen LogP contribution in [0.2, 0.25) is 0 Å². The maximum atomic E-state index is 7.94. The Hall–Kier alpha value is -1.39. The summed E-state index contributed by atoms with van der Waals surface area (Å²) in [7, 11) is 0. The normalized spacial score (nSPS) is 16.8. The van der Waals surface area contributed by atoms with Crippen molar-refractivity contribution in [2.75, 3.05) is 13.2 Å². The zero-order chi connectivity index (χ0) is 12.5. The second-order valence-electron chi connectivity index (χ2n) is 4.03. The third-order valence-electron chi connectivity index (χ3n) is 2.78. The predicted molar refractivity (Wildman–Crippen MR) is 66.1 cm³/mol. The molecule has 2 rings (SSSR count). The highest BCUT2D eigenvalue weighted by molar-refractivity contribution is 6.01. The number of fused-ring (bicyclic) bond motifs is 1. The van der Waals surface area contributed by atoms with Crippen LogP contribution >= 0.6 is 0 Å². The van der Waals surface area contributed by atoms with Crippen molar-refractivity contribution in [1.82, 2.24) is 5.32 Å². The zero-order valence-corrected chi connectivity index (χ0v) is 10.5. The number of hydrogen-bond donors (Lipinski definition) is 2. The molecule has 0 aromatic heterocycles. The monoisotopic (exact) mass is 234 g/mol. The molecule has 0 bridgehead atoms. The average Bonchev–Trinajstić information content (AvgIpc) is 2.53. The van der Waals surface area contributed by atoms with Crippen molar-refractivity contribution >= 4 is 5.84 Å². The van der Waals surface area contributed by atoms with Crippen molar-refractivity contribution in [3.8, 4) is 0 Å². The van der Waals surface area contributed by atoms with E-state index in [1.54, 1.807) is 0 Å². The lowest BCUT2D eigenvalue weighted by molar-refractivity contribution is -0.249. The van der Waals surface area contributed by atoms with Gasteiger partial charge in [0.05, 0.1) is 0 Å². The van der Waals surface area contributed by atoms with Crippen LogP contribution in [0, 0.1) is 12.3 Å². The molecule has 1 heterocycles. The fourth-order valence-corrected chi connectivity index (χ4v) is 2.12. The first-order chi connectivity index (χ1) is 8.13. The number of nitrogens with one attached hydrogen (secondary N) is 2. The van der Waals surface area contributed by atoms with E-state index in [9.17, 15) is 0 Å². The van der Waals surface area contributed by atoms with Gasteiger partial charge >= 0.3 is 0 Å². The van der Waals surface area contributed by atoms with E-state index in [4.69, 9.17) is 14.9 Å². The Morgan fingerprint density at radius 1 is 1.24 bits per heavy atom. The minimum atomic E-state index is -0.984. The molecule has 4 nitrogen and oxygen atoms in total. The van der Waals surface area contributed by atoms with Crippen LogP contribution < -0.4 is 5.32 Å². The van der Waals surface area contributed by atoms with Gasteiger partial charge in [-0.25, -0.2) is 0 Å². The smallest absolute Gasteiger partial charge is 0.279 e. The van der Waals surface area contributed by atoms with Gasteiger partial charge in [0.25, 0.3) is 5.91 Å². The molecule has 1 aromatic carbocycles. The number of hydrogen-bond acceptors (Lipinski definition) is 3. The van der Waals surface area contributed by atoms with Gasteiger partial charge in [0.15, 0.2) is 0 Å². The molecule has 0 saturated carbocycles. The molecule has 4 heteroatoms. The second kappa shape index (κ2) is 4.47. The third-order valence-corrected chi connectivity index (χ3v) is 2.78. The Kier molecular flexibility index (Phi) is 3.17. The molecule has 0 radical (unpaired) electrons. The Labute approximate surface area is 101 Å². The third kappa shape index (κ3) is 1.94. The summed E-state index contributed by atoms with van der Waals surface area (Å²) in [5.41, 5.74) is 2.87. The van der Waals surface area contributed by atoms with Crippen molar-refractivity contribution in [2.45, 2.75) is 26.7 Å². The molecule has 1 aliphatic heterocycles. The van der Waals surface area contributed by atoms with Crippen molar-refractivity contribution in [3.63, 3.8) is 0 Å². The number of benzene rings is 1. The summed E-state index contributed by atoms with van der Waals surface area (Å²) in [6.45, 7) is 6.89. The molecular weight excluding hydrogens is 216 g/mol. The second-order valence-corrected chi connectivity index (χ2v) is 4.03. The van der Waals surface area contributed by atoms with Crippen molar-refractivity contribution in [3.05, 3.63) is 34.9 Å². The molecule has 0 aliphatic carbocycles. The number of rotatable bonds is 4. The zero-order valence-electron chi connectivity index (χ0n) is 10.5. The van der Waals surface area contributed by atoms with E-state index >= 15 is 0 Å². The number of ether oxygens (including phenoxy) is 2. The molecule has 0 amide bonds. The Balaban J connectivity index is 2.51. The maximum Gasteiger partial charge on any atom is 0.279 e. The largest absolute Gasteiger partial charge is 0.329 e. The van der Waals surface area contributed by atoms with E-state index in [-0.39, 0.29) is 0 Å². The molecule has 1 aromatic rings. The van der Waals surface area contributed by atoms with Gasteiger partial charge in [-0.1, -0.05) is 17.7 Å². The van der Waals surface area contributed by atoms with Crippen LogP contribution in [0.15, 0.2) is 18.2 Å². The quantitative estimate of drug-likeness (QED) is 0.784. The fourth-order valence-electron chi connectivity index (χ4n) is 2.12. The summed E-state index contributed by atoms with van der Waals surface area (Å²) < 4.78 is 11.4. The SMILES string of the molecule is CCOC1(OCC)NC(=N)c2ccc(C)cc21. The first-order valence-corrected chi connectivity index (χ1v) is 5.89. The molecule has 92 valence electrons. The minimum absolute atomic E-state index is 0.349. The highest BCUT2D eigenvalue weighted by Gasteiger charge is 2.43. The molecule has 2 N–H and O–H groups in total. The molecule has 0 unspecified atom stereocenters. The Morgan fingerprint density at radius 2 is 1.88 bits per heavy atom. The average molecular weight is 234 g/mol. The number of amidine groups is 1. The topological polar surface area (TPSA) is 54.3 Å². The van der Waals surface area contributed by atoms with E-state index in [0.29, 0.717) is 19.0 Å². The predicted octanol–water partition coefficient (Wildman–Crippen LogP) is 2.11. The van der Waals surface area contributed by atoms with Crippen LogP contribution in [-0.4, -0.2) is 19.0 Å². The van der Waals surface area contributed by atoms with Crippen LogP contribution in [0.1, 0.15) is 30.5 Å². The minimum Gasteiger partial charge on any atom is -0.329 e. The van der Waals surface area contributed by atoms with Gasteiger partial charge in [-0.3, -0.25) is 5.41 Å². The number of aryl methyl sites for hydroxylation is 1. The van der Waals surface area contributed by atoms with Crippen LogP contribution in [0.4, 0.5) is 0 Å². The van der Waals surface area contributed by atoms with Crippen LogP contribution in [0.3, 0.4) is 0 Å². The summed E-state index contributed by atoms with van der Waals surface area (Å²) in [5, 5.41) is 10.9. The Morgan fingerprint density at radius 3 is 2.47 bits per heavy atom. The van der Waals surface area contributed by atoms with Gasteiger partial charge in [-0.2, -0.15) is 0 Å². The van der Waals surface area contributed by atoms with E-state index in [1.807, 2.05) is 39.0 Å². The highest BCUT2D eigenvalue weighted by atomic mass is 16.7. The standard InChI is InChI=1S/C13H18N2O2/c1-4-16-13(17-5-2)11-8-9(3)6-7-10(11)12(14)15-13/h6-8H,4-5H2,1-3H3,(H2,14,15). The summed E-state index contributed by atoms with van der Waals surface area (Å²) in [6.07, 6.45) is 0. The molecule has 0 fully saturated rings. The van der Waals surface area contributed by atoms with E-state index in [0.717, 1.165) is 16.7 Å². The van der Waals surface area contributed by atoms with Crippen LogP contribution in [0.5, 0.6) is 0 Å². The highest BCUT2D eigenvalue weighted by Crippen LogP contribution is 2.34.